The molecule has 0 unspecified atom stereocenters. The van der Waals surface area contributed by atoms with Crippen LogP contribution in [0.25, 0.3) is 0 Å². The van der Waals surface area contributed by atoms with Crippen LogP contribution < -0.4 is 0 Å². The highest BCUT2D eigenvalue weighted by molar-refractivity contribution is 5.76. The summed E-state index contributed by atoms with van der Waals surface area (Å²) < 4.78 is 409. The molecule has 0 fully saturated rings. The van der Waals surface area contributed by atoms with Crippen LogP contribution in [0.2, 0.25) is 0 Å². The van der Waals surface area contributed by atoms with Crippen LogP contribution in [0, 0.1) is 5.41 Å². The van der Waals surface area contributed by atoms with Crippen LogP contribution in [-0.4, -0.2) is 120 Å². The number of esters is 2. The predicted octanol–water partition coefficient (Wildman–Crippen LogP) is 16.7. The molecule has 458 valence electrons. The van der Waals surface area contributed by atoms with E-state index in [4.69, 9.17) is 9.47 Å². The third kappa shape index (κ3) is 15.8. The van der Waals surface area contributed by atoms with E-state index in [-0.39, 0.29) is 89.9 Å². The van der Waals surface area contributed by atoms with Crippen LogP contribution in [0.4, 0.5) is 132 Å². The lowest BCUT2D eigenvalue weighted by Crippen LogP contribution is -2.72. The molecule has 0 aromatic rings. The molecule has 0 spiro atoms. The molecule has 0 atom stereocenters. The number of hydrogen-bond acceptors (Lipinski definition) is 5. The molecule has 0 saturated heterocycles. The fourth-order valence-electron chi connectivity index (χ4n) is 6.46. The Balaban J connectivity index is 4.66. The van der Waals surface area contributed by atoms with Crippen LogP contribution in [0.3, 0.4) is 0 Å². The fraction of sp³-hybridized carbons (Fsp3) is 0.927. The van der Waals surface area contributed by atoms with Gasteiger partial charge < -0.3 is 14.6 Å². The number of rotatable bonds is 37. The Hall–Kier alpha value is -3.69. The van der Waals surface area contributed by atoms with Gasteiger partial charge >= 0.3 is 101 Å². The summed E-state index contributed by atoms with van der Waals surface area (Å²) in [7, 11) is 0. The first-order valence-corrected chi connectivity index (χ1v) is 22.4. The summed E-state index contributed by atoms with van der Waals surface area (Å²) in [4.78, 5) is 36.1. The first kappa shape index (κ1) is 73.3. The Bertz CT molecular complexity index is 1760. The summed E-state index contributed by atoms with van der Waals surface area (Å²) in [6.45, 7) is -0.625. The maximum absolute atomic E-state index is 14.0. The first-order valence-electron chi connectivity index (χ1n) is 22.4. The minimum atomic E-state index is -8.36. The average Bonchev–Trinajstić information content (AvgIpc) is 3.27. The van der Waals surface area contributed by atoms with Gasteiger partial charge in [0.25, 0.3) is 0 Å². The van der Waals surface area contributed by atoms with Gasteiger partial charge in [-0.05, 0) is 32.6 Å². The molecule has 0 radical (unpaired) electrons. The third-order valence-electron chi connectivity index (χ3n) is 11.6. The zero-order valence-corrected chi connectivity index (χ0v) is 39.4. The van der Waals surface area contributed by atoms with Crippen LogP contribution in [-0.2, 0) is 23.9 Å². The van der Waals surface area contributed by atoms with Crippen molar-refractivity contribution in [2.75, 3.05) is 13.2 Å². The van der Waals surface area contributed by atoms with Crippen LogP contribution in [0.15, 0.2) is 0 Å². The summed E-state index contributed by atoms with van der Waals surface area (Å²) >= 11 is 0. The second-order valence-electron chi connectivity index (χ2n) is 18.0. The fourth-order valence-corrected chi connectivity index (χ4v) is 6.46. The second-order valence-corrected chi connectivity index (χ2v) is 18.0. The van der Waals surface area contributed by atoms with Crippen molar-refractivity contribution in [1.29, 1.82) is 0 Å². The molecular weight excluding hydrogens is 1160 g/mol. The van der Waals surface area contributed by atoms with Crippen molar-refractivity contribution in [3.8, 4) is 0 Å². The third-order valence-corrected chi connectivity index (χ3v) is 11.6. The number of carboxylic acid groups (broad SMARTS) is 1. The molecule has 0 bridgehead atoms. The highest BCUT2D eigenvalue weighted by Gasteiger charge is 2.94. The van der Waals surface area contributed by atoms with Gasteiger partial charge in [-0.25, -0.2) is 0 Å². The molecule has 36 heteroatoms. The van der Waals surface area contributed by atoms with Crippen molar-refractivity contribution in [1.82, 2.24) is 0 Å². The van der Waals surface area contributed by atoms with E-state index in [1.54, 1.807) is 0 Å². The second kappa shape index (κ2) is 25.8. The number of carboxylic acids is 1. The summed E-state index contributed by atoms with van der Waals surface area (Å²) in [6.07, 6.45) is -22.7. The molecule has 1 N–H and O–H groups in total. The Morgan fingerprint density at radius 3 is 0.714 bits per heavy atom. The molecule has 0 heterocycles. The molecule has 0 aliphatic carbocycles. The van der Waals surface area contributed by atoms with Crippen molar-refractivity contribution in [2.24, 2.45) is 5.41 Å². The summed E-state index contributed by atoms with van der Waals surface area (Å²) in [5.41, 5.74) is -1.99. The van der Waals surface area contributed by atoms with E-state index in [0.29, 0.717) is 0 Å². The first-order chi connectivity index (χ1) is 34.1. The van der Waals surface area contributed by atoms with Crippen molar-refractivity contribution < 1.29 is 161 Å². The van der Waals surface area contributed by atoms with Gasteiger partial charge in [0.2, 0.25) is 0 Å². The Morgan fingerprint density at radius 1 is 0.299 bits per heavy atom. The van der Waals surface area contributed by atoms with Crippen molar-refractivity contribution in [2.45, 2.75) is 219 Å². The maximum atomic E-state index is 14.0. The highest BCUT2D eigenvalue weighted by Crippen LogP contribution is 2.64. The van der Waals surface area contributed by atoms with Gasteiger partial charge in [0.15, 0.2) is 0 Å². The monoisotopic (exact) mass is 1210 g/mol. The largest absolute Gasteiger partial charge is 0.481 e. The Morgan fingerprint density at radius 2 is 0.494 bits per heavy atom. The zero-order valence-electron chi connectivity index (χ0n) is 39.4. The lowest BCUT2D eigenvalue weighted by molar-refractivity contribution is -0.452. The number of alkyl halides is 30. The molecule has 0 amide bonds. The van der Waals surface area contributed by atoms with E-state index in [0.717, 1.165) is 6.92 Å². The highest BCUT2D eigenvalue weighted by atomic mass is 19.4. The summed E-state index contributed by atoms with van der Waals surface area (Å²) in [5, 5.41) is 9.58. The summed E-state index contributed by atoms with van der Waals surface area (Å²) in [5.74, 6) is -97.1. The predicted molar refractivity (Wildman–Crippen MR) is 201 cm³/mol. The molecule has 0 aliphatic heterocycles. The van der Waals surface area contributed by atoms with Gasteiger partial charge in [-0.15, -0.1) is 0 Å². The van der Waals surface area contributed by atoms with Gasteiger partial charge in [-0.2, -0.15) is 132 Å². The van der Waals surface area contributed by atoms with Gasteiger partial charge in [0.1, 0.15) is 18.6 Å². The van der Waals surface area contributed by atoms with Gasteiger partial charge in [-0.3, -0.25) is 14.4 Å². The van der Waals surface area contributed by atoms with Crippen molar-refractivity contribution >= 4 is 17.9 Å². The maximum Gasteiger partial charge on any atom is 0.460 e. The number of hydrogen-bond donors (Lipinski definition) is 1. The number of unbranched alkanes of at least 4 members (excludes halogenated alkanes) is 14. The molecule has 0 aliphatic rings. The summed E-state index contributed by atoms with van der Waals surface area (Å²) in [6, 6.07) is 0. The van der Waals surface area contributed by atoms with Gasteiger partial charge in [-0.1, -0.05) is 77.0 Å². The number of ether oxygens (including phenoxy) is 2. The molecular formula is C41H48F30O6. The van der Waals surface area contributed by atoms with E-state index < -0.39 is 158 Å². The number of carbonyl (C=O) groups excluding carboxylic acids is 2. The standard InChI is InChI=1S/C41H48F30O6/c1-27(26(74)75,22-76-24(72)18-14-10-6-2-4-8-12-16-20-28(42,43)30(46,47)32(50,51)34(54,55)36(58,59)38(62,63)40(66,67)68)23-77-25(73)19-15-11-7-3-5-9-13-17-21-29(44,45)31(48,49)33(52,53)35(56,57)37(60,61)39(64,65)41(69,70)71/h2-23H2,1H3,(H,74,75). The molecule has 0 rings (SSSR count). The number of aliphatic carboxylic acids is 1. The van der Waals surface area contributed by atoms with Crippen LogP contribution in [0.5, 0.6) is 0 Å². The van der Waals surface area contributed by atoms with Crippen molar-refractivity contribution in [3.63, 3.8) is 0 Å². The molecule has 0 aromatic carbocycles. The topological polar surface area (TPSA) is 89.9 Å². The van der Waals surface area contributed by atoms with E-state index in [1.165, 1.54) is 0 Å². The Labute approximate surface area is 416 Å². The Kier molecular flexibility index (Phi) is 24.6. The van der Waals surface area contributed by atoms with E-state index in [9.17, 15) is 151 Å². The molecule has 0 saturated carbocycles. The zero-order chi connectivity index (χ0) is 61.2. The van der Waals surface area contributed by atoms with Crippen molar-refractivity contribution in [3.05, 3.63) is 0 Å². The molecule has 77 heavy (non-hydrogen) atoms. The number of carbonyl (C=O) groups is 3. The van der Waals surface area contributed by atoms with Gasteiger partial charge in [0.05, 0.1) is 0 Å². The minimum Gasteiger partial charge on any atom is -0.481 e. The minimum absolute atomic E-state index is 0.0888. The van der Waals surface area contributed by atoms with E-state index in [2.05, 4.69) is 0 Å². The molecule has 0 aromatic heterocycles. The lowest BCUT2D eigenvalue weighted by Gasteiger charge is -2.41. The van der Waals surface area contributed by atoms with E-state index >= 15 is 0 Å². The SMILES string of the molecule is CC(COC(=O)CCCCCCCCCCC(F)(F)C(F)(F)C(F)(F)C(F)(F)C(F)(F)C(F)(F)C(F)(F)F)(COC(=O)CCCCCCCCCCC(F)(F)C(F)(F)C(F)(F)C(F)(F)C(F)(F)C(F)(F)C(F)(F)F)C(=O)O. The lowest BCUT2D eigenvalue weighted by atomic mass is 9.89. The van der Waals surface area contributed by atoms with E-state index in [1.807, 2.05) is 0 Å². The van der Waals surface area contributed by atoms with Crippen LogP contribution >= 0.6 is 0 Å². The molecule has 6 nitrogen and oxygen atoms in total. The van der Waals surface area contributed by atoms with Gasteiger partial charge in [0, 0.05) is 25.7 Å². The normalized spacial score (nSPS) is 15.0. The smallest absolute Gasteiger partial charge is 0.460 e. The average molecular weight is 1210 g/mol. The number of halogens is 30. The van der Waals surface area contributed by atoms with Crippen LogP contribution in [0.1, 0.15) is 135 Å². The quantitative estimate of drug-likeness (QED) is 0.0379.